The van der Waals surface area contributed by atoms with Gasteiger partial charge in [0, 0.05) is 12.2 Å². The molecule has 6 atom stereocenters. The zero-order chi connectivity index (χ0) is 28.6. The second-order valence-corrected chi connectivity index (χ2v) is 8.46. The number of carboxylic acids is 2. The van der Waals surface area contributed by atoms with Gasteiger partial charge >= 0.3 is 19.8 Å². The van der Waals surface area contributed by atoms with E-state index in [4.69, 9.17) is 46.2 Å². The molecule has 20 heteroatoms. The lowest BCUT2D eigenvalue weighted by Gasteiger charge is -2.23. The fraction of sp³-hybridized carbons (Fsp3) is 0.688. The lowest BCUT2D eigenvalue weighted by molar-refractivity contribution is -0.139. The van der Waals surface area contributed by atoms with Gasteiger partial charge in [0.05, 0.1) is 6.61 Å². The molecule has 0 aromatic rings. The molecule has 2 amide bonds. The fourth-order valence-electron chi connectivity index (χ4n) is 1.94. The molecule has 18 nitrogen and oxygen atoms in total. The number of nitrogens with one attached hydrogen (secondary N) is 2. The second-order valence-electron chi connectivity index (χ2n) is 6.86. The van der Waals surface area contributed by atoms with E-state index in [-0.39, 0.29) is 24.9 Å². The van der Waals surface area contributed by atoms with Crippen molar-refractivity contribution in [1.82, 2.24) is 10.6 Å². The van der Waals surface area contributed by atoms with Crippen LogP contribution in [0.4, 0.5) is 0 Å². The molecule has 0 aliphatic rings. The van der Waals surface area contributed by atoms with Gasteiger partial charge in [-0.15, -0.1) is 0 Å². The Hall–Kier alpha value is -2.19. The summed E-state index contributed by atoms with van der Waals surface area (Å²) in [6, 6.07) is -2.15. The molecule has 36 heavy (non-hydrogen) atoms. The first-order valence-corrected chi connectivity index (χ1v) is 11.9. The minimum atomic E-state index is -4.80. The number of carboxylic acid groups (broad SMARTS) is 2. The monoisotopic (exact) mass is 567 g/mol. The van der Waals surface area contributed by atoms with Crippen LogP contribution in [-0.2, 0) is 33.1 Å². The first-order chi connectivity index (χ1) is 16.5. The second kappa shape index (κ2) is 18.1. The number of carbonyl (C=O) groups is 5. The molecule has 0 saturated heterocycles. The molecule has 0 radical (unpaired) electrons. The molecule has 0 bridgehead atoms. The molecular weight excluding hydrogens is 537 g/mol. The minimum absolute atomic E-state index is 0.0256. The molecule has 0 spiro atoms. The normalized spacial score (nSPS) is 16.1. The van der Waals surface area contributed by atoms with E-state index in [0.29, 0.717) is 0 Å². The highest BCUT2D eigenvalue weighted by Crippen LogP contribution is 2.35. The Labute approximate surface area is 209 Å². The highest BCUT2D eigenvalue weighted by atomic mass is 32.1. The van der Waals surface area contributed by atoms with Crippen LogP contribution in [-0.4, -0.2) is 126 Å². The maximum Gasteiger partial charge on any atom is 0.469 e. The number of thiol groups is 1. The summed E-state index contributed by atoms with van der Waals surface area (Å²) < 4.78 is 14.1. The molecule has 0 saturated carbocycles. The summed E-state index contributed by atoms with van der Waals surface area (Å²) in [7, 11) is -4.80. The van der Waals surface area contributed by atoms with Crippen LogP contribution in [0.3, 0.4) is 0 Å². The average molecular weight is 567 g/mol. The maximum absolute atomic E-state index is 11.5. The van der Waals surface area contributed by atoms with Gasteiger partial charge in [0.1, 0.15) is 43.0 Å². The lowest BCUT2D eigenvalue weighted by Crippen LogP contribution is -2.49. The summed E-state index contributed by atoms with van der Waals surface area (Å²) in [5.41, 5.74) is 5.23. The topological polar surface area (TPSA) is 324 Å². The predicted molar refractivity (Wildman–Crippen MR) is 119 cm³/mol. The number of rotatable bonds is 16. The van der Waals surface area contributed by atoms with E-state index in [2.05, 4.69) is 27.8 Å². The van der Waals surface area contributed by atoms with E-state index in [1.807, 2.05) is 0 Å². The summed E-state index contributed by atoms with van der Waals surface area (Å²) in [4.78, 5) is 70.3. The van der Waals surface area contributed by atoms with Crippen molar-refractivity contribution in [3.8, 4) is 0 Å². The molecule has 0 aliphatic carbocycles. The van der Waals surface area contributed by atoms with Gasteiger partial charge < -0.3 is 61.6 Å². The Bertz CT molecular complexity index is 782. The van der Waals surface area contributed by atoms with E-state index < -0.39 is 81.2 Å². The molecule has 2 unspecified atom stereocenters. The summed E-state index contributed by atoms with van der Waals surface area (Å²) in [5.74, 6) is -3.70. The Balaban J connectivity index is 0. The molecule has 0 aromatic heterocycles. The van der Waals surface area contributed by atoms with Gasteiger partial charge in [-0.05, 0) is 6.42 Å². The van der Waals surface area contributed by atoms with Crippen molar-refractivity contribution < 1.29 is 73.5 Å². The number of amides is 2. The summed E-state index contributed by atoms with van der Waals surface area (Å²) in [6.07, 6.45) is -8.04. The number of nitrogens with two attached hydrogens (primary N) is 1. The van der Waals surface area contributed by atoms with Gasteiger partial charge in [0.2, 0.25) is 11.8 Å². The summed E-state index contributed by atoms with van der Waals surface area (Å²) in [6.45, 7) is -1.53. The quantitative estimate of drug-likeness (QED) is 0.0470. The van der Waals surface area contributed by atoms with Crippen molar-refractivity contribution in [1.29, 1.82) is 0 Å². The van der Waals surface area contributed by atoms with Crippen molar-refractivity contribution >= 4 is 50.5 Å². The predicted octanol–water partition coefficient (Wildman–Crippen LogP) is -5.47. The van der Waals surface area contributed by atoms with Crippen molar-refractivity contribution in [2.45, 2.75) is 49.3 Å². The number of hydrogen-bond acceptors (Lipinski definition) is 13. The highest BCUT2D eigenvalue weighted by Gasteiger charge is 2.31. The molecule has 0 heterocycles. The summed E-state index contributed by atoms with van der Waals surface area (Å²) in [5, 5.41) is 57.4. The number of phosphoric acid groups is 1. The summed E-state index contributed by atoms with van der Waals surface area (Å²) >= 11 is 3.87. The van der Waals surface area contributed by atoms with Gasteiger partial charge in [0.15, 0.2) is 6.29 Å². The molecule has 210 valence electrons. The largest absolute Gasteiger partial charge is 0.480 e. The Morgan fingerprint density at radius 3 is 2.03 bits per heavy atom. The van der Waals surface area contributed by atoms with Gasteiger partial charge in [-0.25, -0.2) is 4.57 Å². The van der Waals surface area contributed by atoms with Crippen molar-refractivity contribution in [3.63, 3.8) is 0 Å². The van der Waals surface area contributed by atoms with Gasteiger partial charge in [0.25, 0.3) is 0 Å². The lowest BCUT2D eigenvalue weighted by atomic mass is 10.0. The van der Waals surface area contributed by atoms with Crippen LogP contribution < -0.4 is 16.4 Å². The van der Waals surface area contributed by atoms with Crippen LogP contribution in [0.5, 0.6) is 0 Å². The number of phosphoric ester groups is 1. The third-order valence-corrected chi connectivity index (χ3v) is 4.75. The SMILES string of the molecule is NC(CCC(=O)NC(CS)C(=O)NCC(=O)O)C(=O)O.O=C[C@H](O)[C@@H](O)[C@H](O)[C@H](O)COP(=O)(O)O. The third kappa shape index (κ3) is 17.3. The number of aliphatic hydroxyl groups excluding tert-OH is 4. The Morgan fingerprint density at radius 2 is 1.61 bits per heavy atom. The van der Waals surface area contributed by atoms with Crippen LogP contribution in [0.25, 0.3) is 0 Å². The van der Waals surface area contributed by atoms with E-state index in [1.165, 1.54) is 0 Å². The van der Waals surface area contributed by atoms with E-state index in [9.17, 15) is 28.5 Å². The molecule has 0 rings (SSSR count). The molecule has 0 fully saturated rings. The maximum atomic E-state index is 11.5. The van der Waals surface area contributed by atoms with Crippen LogP contribution >= 0.6 is 20.5 Å². The van der Waals surface area contributed by atoms with Crippen LogP contribution in [0, 0.1) is 0 Å². The number of aliphatic hydroxyl groups is 4. The average Bonchev–Trinajstić information content (AvgIpc) is 2.80. The zero-order valence-corrected chi connectivity index (χ0v) is 20.3. The standard InChI is InChI=1S/C10H17N3O6S.C6H13O9P/c11-5(10(18)19)1-2-7(14)13-6(4-20)9(17)12-3-8(15)16;7-1-3(8)5(10)6(11)4(9)2-15-16(12,13)14/h5-6,20H,1-4,11H2,(H,12,17)(H,13,14)(H,15,16)(H,18,19);1,3-6,8-11H,2H2,(H2,12,13,14)/t;3-,4+,5+,6+/m.0/s1. The van der Waals surface area contributed by atoms with Crippen molar-refractivity contribution in [3.05, 3.63) is 0 Å². The van der Waals surface area contributed by atoms with Crippen molar-refractivity contribution in [2.24, 2.45) is 5.73 Å². The Morgan fingerprint density at radius 1 is 1.06 bits per heavy atom. The fourth-order valence-corrected chi connectivity index (χ4v) is 2.54. The van der Waals surface area contributed by atoms with Crippen LogP contribution in [0.15, 0.2) is 0 Å². The first kappa shape index (κ1) is 36.0. The minimum Gasteiger partial charge on any atom is -0.480 e. The number of aldehydes is 1. The van der Waals surface area contributed by atoms with Gasteiger partial charge in [-0.3, -0.25) is 23.7 Å². The first-order valence-electron chi connectivity index (χ1n) is 9.72. The van der Waals surface area contributed by atoms with Crippen molar-refractivity contribution in [2.75, 3.05) is 18.9 Å². The Kier molecular flexibility index (Phi) is 18.1. The highest BCUT2D eigenvalue weighted by molar-refractivity contribution is 7.80. The number of carbonyl (C=O) groups excluding carboxylic acids is 3. The number of hydrogen-bond donors (Lipinski definition) is 12. The molecule has 0 aromatic carbocycles. The van der Waals surface area contributed by atoms with E-state index in [1.54, 1.807) is 0 Å². The smallest absolute Gasteiger partial charge is 0.469 e. The van der Waals surface area contributed by atoms with Crippen LogP contribution in [0.2, 0.25) is 0 Å². The van der Waals surface area contributed by atoms with Gasteiger partial charge in [-0.1, -0.05) is 0 Å². The zero-order valence-electron chi connectivity index (χ0n) is 18.5. The molecular formula is C16H30N3O15PS. The van der Waals surface area contributed by atoms with E-state index >= 15 is 0 Å². The van der Waals surface area contributed by atoms with Gasteiger partial charge in [-0.2, -0.15) is 12.6 Å². The third-order valence-electron chi connectivity index (χ3n) is 3.89. The van der Waals surface area contributed by atoms with E-state index in [0.717, 1.165) is 0 Å². The number of aliphatic carboxylic acids is 2. The van der Waals surface area contributed by atoms with Crippen LogP contribution in [0.1, 0.15) is 12.8 Å². The molecule has 12 N–H and O–H groups in total. The molecule has 0 aliphatic heterocycles.